The van der Waals surface area contributed by atoms with Crippen molar-refractivity contribution in [1.82, 2.24) is 15.3 Å². The molecule has 8 nitrogen and oxygen atoms in total. The van der Waals surface area contributed by atoms with Gasteiger partial charge >= 0.3 is 11.9 Å². The van der Waals surface area contributed by atoms with Crippen LogP contribution in [0.2, 0.25) is 5.02 Å². The molecule has 0 radical (unpaired) electrons. The third-order valence-corrected chi connectivity index (χ3v) is 11.0. The van der Waals surface area contributed by atoms with Gasteiger partial charge in [0.2, 0.25) is 0 Å². The molecule has 1 saturated carbocycles. The van der Waals surface area contributed by atoms with Crippen LogP contribution in [0, 0.1) is 23.5 Å². The first-order chi connectivity index (χ1) is 21.2. The number of nitrogens with zero attached hydrogens (tertiary/aromatic N) is 3. The van der Waals surface area contributed by atoms with Gasteiger partial charge in [-0.15, -0.1) is 22.7 Å². The van der Waals surface area contributed by atoms with Crippen LogP contribution in [0.1, 0.15) is 58.4 Å². The van der Waals surface area contributed by atoms with Gasteiger partial charge in [0, 0.05) is 39.0 Å². The zero-order valence-electron chi connectivity index (χ0n) is 24.2. The van der Waals surface area contributed by atoms with Crippen molar-refractivity contribution in [2.45, 2.75) is 50.5 Å². The zero-order valence-corrected chi connectivity index (χ0v) is 26.5. The van der Waals surface area contributed by atoms with Crippen molar-refractivity contribution < 1.29 is 27.8 Å². The number of amidine groups is 1. The fourth-order valence-corrected chi connectivity index (χ4v) is 8.56. The fourth-order valence-electron chi connectivity index (χ4n) is 6.34. The average Bonchev–Trinajstić information content (AvgIpc) is 3.71. The Morgan fingerprint density at radius 2 is 2.00 bits per heavy atom. The van der Waals surface area contributed by atoms with E-state index in [4.69, 9.17) is 31.1 Å². The molecule has 0 bridgehead atoms. The van der Waals surface area contributed by atoms with E-state index in [1.54, 1.807) is 22.9 Å². The topological polar surface area (TPSA) is 103 Å². The number of allylic oxidation sites excluding steroid dienone is 3. The summed E-state index contributed by atoms with van der Waals surface area (Å²) in [7, 11) is 2.68. The number of esters is 2. The number of carbonyl (C=O) groups excluding carboxylic acids is 2. The number of methoxy groups -OCH3 is 2. The molecule has 3 aliphatic rings. The minimum absolute atomic E-state index is 0.147. The van der Waals surface area contributed by atoms with Crippen molar-refractivity contribution >= 4 is 52.0 Å². The minimum Gasteiger partial charge on any atom is -0.469 e. The molecule has 2 aromatic heterocycles. The summed E-state index contributed by atoms with van der Waals surface area (Å²) in [6, 6.07) is 1.26. The van der Waals surface area contributed by atoms with Gasteiger partial charge in [-0.2, -0.15) is 0 Å². The fraction of sp³-hybridized carbons (Fsp3) is 0.387. The Morgan fingerprint density at radius 3 is 2.68 bits per heavy atom. The van der Waals surface area contributed by atoms with Crippen LogP contribution < -0.4 is 5.32 Å². The number of nitrogens with one attached hydrogen (secondary N) is 1. The van der Waals surface area contributed by atoms with Gasteiger partial charge in [0.25, 0.3) is 0 Å². The Bertz CT molecular complexity index is 1710. The number of hydrogen-bond acceptors (Lipinski definition) is 10. The molecule has 44 heavy (non-hydrogen) atoms. The molecule has 1 aliphatic heterocycles. The van der Waals surface area contributed by atoms with Gasteiger partial charge in [-0.3, -0.25) is 9.79 Å². The van der Waals surface area contributed by atoms with Crippen LogP contribution in [-0.2, 0) is 37.3 Å². The number of fused-ring (bicyclic) bond motifs is 1. The second kappa shape index (κ2) is 12.1. The molecule has 230 valence electrons. The van der Waals surface area contributed by atoms with Gasteiger partial charge in [-0.1, -0.05) is 29.8 Å². The van der Waals surface area contributed by atoms with Gasteiger partial charge < -0.3 is 14.8 Å². The first kappa shape index (κ1) is 30.5. The standard InChI is InChI=1S/C31H29ClF2N4O4S2/c1-4-9-31(13-16(14-31)28(39)41-2)30-36-19-8-5-15(12-20(19)44-30)24-21(29(40)42-3)25(17-6-7-18(33)23(34)22(17)32)38-26(37-24)27-35-10-11-43-27/h4,6-7,9-11,15-16,25H,5,8,12-14H2,1-3H3,(H,37,38)/b9-4-/t15?,16-,25?,31+. The van der Waals surface area contributed by atoms with Crippen LogP contribution >= 0.6 is 34.3 Å². The summed E-state index contributed by atoms with van der Waals surface area (Å²) in [4.78, 5) is 40.8. The second-order valence-corrected chi connectivity index (χ2v) is 13.4. The van der Waals surface area contributed by atoms with E-state index >= 15 is 0 Å². The number of ether oxygens (including phenoxy) is 2. The van der Waals surface area contributed by atoms with Crippen molar-refractivity contribution in [2.75, 3.05) is 14.2 Å². The third kappa shape index (κ3) is 5.26. The lowest BCUT2D eigenvalue weighted by Gasteiger charge is -2.42. The van der Waals surface area contributed by atoms with E-state index in [2.05, 4.69) is 16.4 Å². The predicted molar refractivity (Wildman–Crippen MR) is 164 cm³/mol. The first-order valence-corrected chi connectivity index (χ1v) is 16.2. The predicted octanol–water partition coefficient (Wildman–Crippen LogP) is 6.25. The summed E-state index contributed by atoms with van der Waals surface area (Å²) in [6.07, 6.45) is 8.98. The van der Waals surface area contributed by atoms with Crippen LogP contribution in [-0.4, -0.2) is 42.0 Å². The Morgan fingerprint density at radius 1 is 1.20 bits per heavy atom. The van der Waals surface area contributed by atoms with Crippen molar-refractivity contribution in [2.24, 2.45) is 16.8 Å². The molecule has 1 fully saturated rings. The highest BCUT2D eigenvalue weighted by Crippen LogP contribution is 2.52. The van der Waals surface area contributed by atoms with Crippen molar-refractivity contribution in [1.29, 1.82) is 0 Å². The summed E-state index contributed by atoms with van der Waals surface area (Å²) in [5.74, 6) is -3.07. The van der Waals surface area contributed by atoms with E-state index in [0.717, 1.165) is 21.6 Å². The van der Waals surface area contributed by atoms with Crippen molar-refractivity contribution in [3.05, 3.63) is 89.9 Å². The lowest BCUT2D eigenvalue weighted by Crippen LogP contribution is -2.43. The number of benzene rings is 1. The van der Waals surface area contributed by atoms with E-state index in [1.165, 1.54) is 31.6 Å². The number of aromatic nitrogens is 2. The van der Waals surface area contributed by atoms with Crippen molar-refractivity contribution in [3.8, 4) is 0 Å². The highest BCUT2D eigenvalue weighted by atomic mass is 35.5. The Hall–Kier alpha value is -3.48. The molecule has 0 spiro atoms. The Kier molecular flexibility index (Phi) is 8.42. The SMILES string of the molecule is C/C=C\[C@]1(c2nc3c(s2)CC(C2=C(C(=O)OC)C(c4ccc(F)c(F)c4Cl)N=C(c4nccs4)N2)CC3)C[C@@H](C(=O)OC)C1. The van der Waals surface area contributed by atoms with E-state index in [1.807, 2.05) is 13.0 Å². The summed E-state index contributed by atoms with van der Waals surface area (Å²) < 4.78 is 38.9. The number of hydrogen-bond donors (Lipinski definition) is 1. The largest absolute Gasteiger partial charge is 0.469 e. The van der Waals surface area contributed by atoms with E-state index < -0.39 is 28.7 Å². The molecule has 1 N–H and O–H groups in total. The molecular weight excluding hydrogens is 630 g/mol. The lowest BCUT2D eigenvalue weighted by molar-refractivity contribution is -0.150. The second-order valence-electron chi connectivity index (χ2n) is 11.0. The van der Waals surface area contributed by atoms with E-state index in [0.29, 0.717) is 48.6 Å². The summed E-state index contributed by atoms with van der Waals surface area (Å²) in [6.45, 7) is 1.96. The third-order valence-electron chi connectivity index (χ3n) is 8.49. The quantitative estimate of drug-likeness (QED) is 0.182. The summed E-state index contributed by atoms with van der Waals surface area (Å²) in [5, 5.41) is 6.26. The number of thiazole rings is 2. The summed E-state index contributed by atoms with van der Waals surface area (Å²) in [5.41, 5.74) is 1.61. The maximum Gasteiger partial charge on any atom is 0.338 e. The van der Waals surface area contributed by atoms with Gasteiger partial charge in [0.05, 0.1) is 36.4 Å². The Balaban J connectivity index is 1.40. The van der Waals surface area contributed by atoms with E-state index in [-0.39, 0.29) is 34.4 Å². The maximum atomic E-state index is 14.7. The molecule has 13 heteroatoms. The minimum atomic E-state index is -1.21. The molecule has 2 aliphatic carbocycles. The zero-order chi connectivity index (χ0) is 31.2. The highest BCUT2D eigenvalue weighted by Gasteiger charge is 2.50. The van der Waals surface area contributed by atoms with Gasteiger partial charge in [-0.25, -0.2) is 23.5 Å². The van der Waals surface area contributed by atoms with Gasteiger partial charge in [0.1, 0.15) is 11.0 Å². The van der Waals surface area contributed by atoms with Crippen LogP contribution in [0.25, 0.3) is 0 Å². The molecular formula is C31H29ClF2N4O4S2. The molecule has 3 heterocycles. The summed E-state index contributed by atoms with van der Waals surface area (Å²) >= 11 is 9.30. The van der Waals surface area contributed by atoms with Gasteiger partial charge in [-0.05, 0) is 45.1 Å². The van der Waals surface area contributed by atoms with Crippen LogP contribution in [0.3, 0.4) is 0 Å². The maximum absolute atomic E-state index is 14.7. The monoisotopic (exact) mass is 658 g/mol. The number of carbonyl (C=O) groups is 2. The van der Waals surface area contributed by atoms with Gasteiger partial charge in [0.15, 0.2) is 22.5 Å². The molecule has 3 aromatic rings. The van der Waals surface area contributed by atoms with Crippen LogP contribution in [0.5, 0.6) is 0 Å². The molecule has 0 amide bonds. The molecule has 0 saturated heterocycles. The molecule has 2 atom stereocenters. The van der Waals surface area contributed by atoms with E-state index in [9.17, 15) is 18.4 Å². The lowest BCUT2D eigenvalue weighted by atomic mass is 9.62. The smallest absolute Gasteiger partial charge is 0.338 e. The highest BCUT2D eigenvalue weighted by molar-refractivity contribution is 7.12. The van der Waals surface area contributed by atoms with Crippen LogP contribution in [0.15, 0.2) is 52.1 Å². The number of rotatable bonds is 7. The van der Waals surface area contributed by atoms with Crippen molar-refractivity contribution in [3.63, 3.8) is 0 Å². The average molecular weight is 659 g/mol. The van der Waals surface area contributed by atoms with Crippen LogP contribution in [0.4, 0.5) is 8.78 Å². The molecule has 1 aromatic carbocycles. The molecule has 6 rings (SSSR count). The number of halogens is 3. The molecule has 2 unspecified atom stereocenters. The number of aryl methyl sites for hydroxylation is 1. The Labute approximate surface area is 265 Å². The number of aliphatic imine (C=N–C) groups is 1. The first-order valence-electron chi connectivity index (χ1n) is 14.1. The normalized spacial score (nSPS) is 24.8.